The predicted octanol–water partition coefficient (Wildman–Crippen LogP) is 3.99. The molecule has 1 aliphatic carbocycles. The number of allylic oxidation sites excluding steroid dienone is 2. The Labute approximate surface area is 162 Å². The average Bonchev–Trinajstić information content (AvgIpc) is 2.68. The van der Waals surface area contributed by atoms with Crippen LogP contribution in [-0.4, -0.2) is 23.3 Å². The maximum absolute atomic E-state index is 12.7. The first-order valence-corrected chi connectivity index (χ1v) is 10.5. The second-order valence-corrected chi connectivity index (χ2v) is 7.99. The van der Waals surface area contributed by atoms with Gasteiger partial charge in [-0.05, 0) is 63.9 Å². The van der Waals surface area contributed by atoms with Gasteiger partial charge in [-0.25, -0.2) is 0 Å². The van der Waals surface area contributed by atoms with E-state index in [2.05, 4.69) is 42.7 Å². The smallest absolute Gasteiger partial charge is 0.254 e. The van der Waals surface area contributed by atoms with Crippen molar-refractivity contribution in [3.63, 3.8) is 0 Å². The van der Waals surface area contributed by atoms with E-state index in [9.17, 15) is 4.79 Å². The van der Waals surface area contributed by atoms with Crippen molar-refractivity contribution in [2.24, 2.45) is 5.92 Å². The van der Waals surface area contributed by atoms with Crippen LogP contribution in [0.3, 0.4) is 0 Å². The fourth-order valence-corrected chi connectivity index (χ4v) is 4.59. The summed E-state index contributed by atoms with van der Waals surface area (Å²) in [6.07, 6.45) is 12.6. The standard InChI is InChI=1S/C21H32N2O2S/c1-3-4-5-16-7-11-18(12-8-16)25-14-20-19(22-26)13-10-17-9-6-15(2)21(24)23(17)20/h4-6,9,16,18-20,22,26H,3,7-8,10-14H2,1-2H3/b5-4-. The first-order valence-electron chi connectivity index (χ1n) is 10.0. The maximum atomic E-state index is 12.7. The molecule has 1 N–H and O–H groups in total. The molecule has 3 rings (SSSR count). The van der Waals surface area contributed by atoms with Gasteiger partial charge in [0, 0.05) is 17.3 Å². The fourth-order valence-electron chi connectivity index (χ4n) is 4.29. The number of hydrogen-bond donors (Lipinski definition) is 2. The van der Waals surface area contributed by atoms with E-state index in [1.54, 1.807) is 0 Å². The van der Waals surface area contributed by atoms with Crippen molar-refractivity contribution in [3.8, 4) is 0 Å². The number of nitrogens with one attached hydrogen (secondary N) is 1. The second-order valence-electron chi connectivity index (χ2n) is 7.73. The molecule has 0 bridgehead atoms. The highest BCUT2D eigenvalue weighted by Gasteiger charge is 2.31. The molecule has 0 saturated heterocycles. The van der Waals surface area contributed by atoms with Crippen molar-refractivity contribution < 1.29 is 4.74 Å². The number of aromatic nitrogens is 1. The Kier molecular flexibility index (Phi) is 7.01. The third-order valence-electron chi connectivity index (χ3n) is 5.93. The van der Waals surface area contributed by atoms with E-state index in [4.69, 9.17) is 4.74 Å². The van der Waals surface area contributed by atoms with Crippen LogP contribution in [0.25, 0.3) is 0 Å². The summed E-state index contributed by atoms with van der Waals surface area (Å²) < 4.78 is 11.4. The third kappa shape index (κ3) is 4.44. The molecule has 2 aliphatic rings. The molecule has 1 saturated carbocycles. The lowest BCUT2D eigenvalue weighted by Gasteiger charge is -2.36. The SMILES string of the molecule is CC/C=C\C1CCC(OCC2C(NS)CCc3ccc(C)c(=O)n32)CC1. The van der Waals surface area contributed by atoms with Crippen LogP contribution in [0.5, 0.6) is 0 Å². The molecule has 26 heavy (non-hydrogen) atoms. The van der Waals surface area contributed by atoms with E-state index >= 15 is 0 Å². The number of thiol groups is 1. The molecule has 0 amide bonds. The normalized spacial score (nSPS) is 29.0. The molecule has 144 valence electrons. The zero-order valence-corrected chi connectivity index (χ0v) is 16.9. The second kappa shape index (κ2) is 9.25. The van der Waals surface area contributed by atoms with Gasteiger partial charge in [-0.3, -0.25) is 9.52 Å². The van der Waals surface area contributed by atoms with Gasteiger partial charge in [0.15, 0.2) is 0 Å². The number of aryl methyl sites for hydroxylation is 2. The minimum absolute atomic E-state index is 0.0151. The lowest BCUT2D eigenvalue weighted by Crippen LogP contribution is -2.46. The Bertz CT molecular complexity index is 677. The number of hydrogen-bond acceptors (Lipinski definition) is 4. The van der Waals surface area contributed by atoms with Crippen LogP contribution < -0.4 is 10.3 Å². The zero-order chi connectivity index (χ0) is 18.5. The predicted molar refractivity (Wildman–Crippen MR) is 110 cm³/mol. The van der Waals surface area contributed by atoms with Crippen molar-refractivity contribution in [1.82, 2.24) is 9.29 Å². The van der Waals surface area contributed by atoms with Gasteiger partial charge < -0.3 is 9.30 Å². The van der Waals surface area contributed by atoms with E-state index in [0.29, 0.717) is 18.6 Å². The first kappa shape index (κ1) is 19.7. The summed E-state index contributed by atoms with van der Waals surface area (Å²) in [5.74, 6) is 0.710. The summed E-state index contributed by atoms with van der Waals surface area (Å²) in [4.78, 5) is 12.7. The lowest BCUT2D eigenvalue weighted by atomic mass is 9.87. The van der Waals surface area contributed by atoms with Gasteiger partial charge in [0.1, 0.15) is 0 Å². The zero-order valence-electron chi connectivity index (χ0n) is 16.0. The number of pyridine rings is 1. The quantitative estimate of drug-likeness (QED) is 0.583. The number of nitrogens with zero attached hydrogens (tertiary/aromatic N) is 1. The Morgan fingerprint density at radius 3 is 2.73 bits per heavy atom. The van der Waals surface area contributed by atoms with Crippen LogP contribution in [0.15, 0.2) is 29.1 Å². The molecule has 2 atom stereocenters. The van der Waals surface area contributed by atoms with Crippen LogP contribution >= 0.6 is 12.8 Å². The minimum atomic E-state index is 0.0151. The Balaban J connectivity index is 1.65. The molecule has 0 aromatic carbocycles. The van der Waals surface area contributed by atoms with Gasteiger partial charge in [0.05, 0.1) is 18.8 Å². The van der Waals surface area contributed by atoms with Gasteiger partial charge in [-0.15, -0.1) is 0 Å². The summed E-state index contributed by atoms with van der Waals surface area (Å²) in [7, 11) is 0. The summed E-state index contributed by atoms with van der Waals surface area (Å²) in [5.41, 5.74) is 2.02. The topological polar surface area (TPSA) is 43.3 Å². The molecule has 1 aliphatic heterocycles. The minimum Gasteiger partial charge on any atom is -0.376 e. The highest BCUT2D eigenvalue weighted by Crippen LogP contribution is 2.30. The molecule has 2 heterocycles. The highest BCUT2D eigenvalue weighted by molar-refractivity contribution is 7.78. The number of ether oxygens (including phenoxy) is 1. The molecule has 1 fully saturated rings. The molecule has 1 aromatic heterocycles. The number of fused-ring (bicyclic) bond motifs is 1. The summed E-state index contributed by atoms with van der Waals surface area (Å²) in [6.45, 7) is 4.65. The molecular weight excluding hydrogens is 344 g/mol. The monoisotopic (exact) mass is 376 g/mol. The maximum Gasteiger partial charge on any atom is 0.254 e. The Morgan fingerprint density at radius 1 is 1.27 bits per heavy atom. The van der Waals surface area contributed by atoms with Crippen molar-refractivity contribution >= 4 is 12.8 Å². The molecule has 5 heteroatoms. The summed E-state index contributed by atoms with van der Waals surface area (Å²) >= 11 is 4.31. The average molecular weight is 377 g/mol. The molecule has 0 radical (unpaired) electrons. The van der Waals surface area contributed by atoms with Gasteiger partial charge in [-0.1, -0.05) is 38.0 Å². The van der Waals surface area contributed by atoms with Crippen molar-refractivity contribution in [3.05, 3.63) is 45.9 Å². The van der Waals surface area contributed by atoms with Crippen molar-refractivity contribution in [2.45, 2.75) is 77.0 Å². The van der Waals surface area contributed by atoms with Crippen LogP contribution in [0.1, 0.15) is 62.7 Å². The van der Waals surface area contributed by atoms with Gasteiger partial charge in [0.2, 0.25) is 0 Å². The van der Waals surface area contributed by atoms with Crippen LogP contribution in [0.2, 0.25) is 0 Å². The van der Waals surface area contributed by atoms with E-state index in [1.807, 2.05) is 17.6 Å². The largest absolute Gasteiger partial charge is 0.376 e. The molecule has 0 spiro atoms. The fraction of sp³-hybridized carbons (Fsp3) is 0.667. The van der Waals surface area contributed by atoms with E-state index < -0.39 is 0 Å². The summed E-state index contributed by atoms with van der Waals surface area (Å²) in [6, 6.07) is 4.20. The van der Waals surface area contributed by atoms with Gasteiger partial charge in [0.25, 0.3) is 5.56 Å². The van der Waals surface area contributed by atoms with E-state index in [0.717, 1.165) is 43.4 Å². The van der Waals surface area contributed by atoms with E-state index in [1.165, 1.54) is 12.8 Å². The molecule has 2 unspecified atom stereocenters. The van der Waals surface area contributed by atoms with E-state index in [-0.39, 0.29) is 17.6 Å². The Hall–Kier alpha value is -1.04. The van der Waals surface area contributed by atoms with Crippen LogP contribution in [0, 0.1) is 12.8 Å². The highest BCUT2D eigenvalue weighted by atomic mass is 32.1. The Morgan fingerprint density at radius 2 is 2.04 bits per heavy atom. The molecular formula is C21H32N2O2S. The van der Waals surface area contributed by atoms with Crippen molar-refractivity contribution in [2.75, 3.05) is 6.61 Å². The van der Waals surface area contributed by atoms with Crippen LogP contribution in [0.4, 0.5) is 0 Å². The van der Waals surface area contributed by atoms with Crippen molar-refractivity contribution in [1.29, 1.82) is 0 Å². The molecule has 4 nitrogen and oxygen atoms in total. The third-order valence-corrected chi connectivity index (χ3v) is 6.26. The first-order chi connectivity index (χ1) is 12.6. The lowest BCUT2D eigenvalue weighted by molar-refractivity contribution is -0.00336. The number of rotatable bonds is 6. The molecule has 1 aromatic rings. The van der Waals surface area contributed by atoms with Gasteiger partial charge in [-0.2, -0.15) is 0 Å². The van der Waals surface area contributed by atoms with Crippen LogP contribution in [-0.2, 0) is 11.2 Å². The van der Waals surface area contributed by atoms with Gasteiger partial charge >= 0.3 is 0 Å². The summed E-state index contributed by atoms with van der Waals surface area (Å²) in [5, 5.41) is 0.